The highest BCUT2D eigenvalue weighted by molar-refractivity contribution is 7.80. The first-order valence-electron chi connectivity index (χ1n) is 8.74. The summed E-state index contributed by atoms with van der Waals surface area (Å²) in [6, 6.07) is 19.9. The van der Waals surface area contributed by atoms with Crippen molar-refractivity contribution in [3.8, 4) is 0 Å². The van der Waals surface area contributed by atoms with Gasteiger partial charge in [0.2, 0.25) is 0 Å². The number of benzene rings is 2. The Kier molecular flexibility index (Phi) is 6.63. The first-order valence-corrected chi connectivity index (χ1v) is 9.52. The van der Waals surface area contributed by atoms with E-state index in [0.29, 0.717) is 11.7 Å². The van der Waals surface area contributed by atoms with Crippen LogP contribution in [0.1, 0.15) is 23.7 Å². The minimum absolute atomic E-state index is 0.455. The molecule has 27 heavy (non-hydrogen) atoms. The van der Waals surface area contributed by atoms with Gasteiger partial charge in [-0.3, -0.25) is 5.43 Å². The van der Waals surface area contributed by atoms with Crippen molar-refractivity contribution in [2.45, 2.75) is 19.9 Å². The second kappa shape index (κ2) is 9.35. The van der Waals surface area contributed by atoms with Gasteiger partial charge in [0.25, 0.3) is 0 Å². The Bertz CT molecular complexity index is 949. The number of thiocarbonyl (C=S) groups is 1. The van der Waals surface area contributed by atoms with Gasteiger partial charge in [-0.2, -0.15) is 5.10 Å². The molecule has 138 valence electrons. The Labute approximate surface area is 169 Å². The van der Waals surface area contributed by atoms with Crippen molar-refractivity contribution >= 4 is 40.8 Å². The Morgan fingerprint density at radius 3 is 2.59 bits per heavy atom. The average molecular weight is 397 g/mol. The van der Waals surface area contributed by atoms with E-state index < -0.39 is 0 Å². The zero-order valence-corrected chi connectivity index (χ0v) is 16.6. The minimum atomic E-state index is 0.455. The quantitative estimate of drug-likeness (QED) is 0.347. The normalized spacial score (nSPS) is 10.9. The number of aromatic nitrogens is 1. The highest BCUT2D eigenvalue weighted by Crippen LogP contribution is 2.17. The number of para-hydroxylation sites is 1. The van der Waals surface area contributed by atoms with Crippen LogP contribution in [0.5, 0.6) is 0 Å². The van der Waals surface area contributed by atoms with E-state index >= 15 is 0 Å². The third kappa shape index (κ3) is 5.18. The van der Waals surface area contributed by atoms with Crippen LogP contribution in [0.15, 0.2) is 72.0 Å². The lowest BCUT2D eigenvalue weighted by Gasteiger charge is -2.11. The summed E-state index contributed by atoms with van der Waals surface area (Å²) in [6.07, 6.45) is 4.68. The Hall–Kier alpha value is -2.63. The molecule has 0 atom stereocenters. The summed E-state index contributed by atoms with van der Waals surface area (Å²) in [5, 5.41) is 8.65. The second-order valence-corrected chi connectivity index (χ2v) is 6.80. The molecule has 0 radical (unpaired) electrons. The molecule has 0 bridgehead atoms. The third-order valence-electron chi connectivity index (χ3n) is 4.17. The van der Waals surface area contributed by atoms with Crippen LogP contribution in [0, 0.1) is 0 Å². The first kappa shape index (κ1) is 19.1. The standard InChI is InChI=1S/C21H21ClN4S/c1-2-16-8-4-6-12-20(16)24-21(27)25-23-14-18-10-7-13-26(18)15-17-9-3-5-11-19(17)22/h3-14H,2,15H2,1H3,(H2,24,25,27)/b23-14+. The lowest BCUT2D eigenvalue weighted by molar-refractivity contribution is 0.799. The molecule has 0 unspecified atom stereocenters. The molecule has 0 saturated carbocycles. The molecule has 0 saturated heterocycles. The largest absolute Gasteiger partial charge is 0.342 e. The maximum absolute atomic E-state index is 6.26. The summed E-state index contributed by atoms with van der Waals surface area (Å²) in [7, 11) is 0. The van der Waals surface area contributed by atoms with Gasteiger partial charge in [-0.1, -0.05) is 54.9 Å². The highest BCUT2D eigenvalue weighted by atomic mass is 35.5. The number of anilines is 1. The monoisotopic (exact) mass is 396 g/mol. The van der Waals surface area contributed by atoms with Gasteiger partial charge in [-0.05, 0) is 54.0 Å². The van der Waals surface area contributed by atoms with Gasteiger partial charge in [0.05, 0.1) is 11.9 Å². The van der Waals surface area contributed by atoms with Crippen molar-refractivity contribution in [1.82, 2.24) is 9.99 Å². The predicted molar refractivity (Wildman–Crippen MR) is 118 cm³/mol. The number of hydrazone groups is 1. The lowest BCUT2D eigenvalue weighted by atomic mass is 10.1. The fraction of sp³-hybridized carbons (Fsp3) is 0.143. The van der Waals surface area contributed by atoms with Crippen molar-refractivity contribution in [2.24, 2.45) is 5.10 Å². The van der Waals surface area contributed by atoms with E-state index in [9.17, 15) is 0 Å². The molecule has 4 nitrogen and oxygen atoms in total. The summed E-state index contributed by atoms with van der Waals surface area (Å²) in [5.41, 5.74) is 7.10. The Balaban J connectivity index is 1.61. The SMILES string of the molecule is CCc1ccccc1NC(=S)N/N=C/c1cccn1Cc1ccccc1Cl. The Morgan fingerprint density at radius 1 is 1.07 bits per heavy atom. The van der Waals surface area contributed by atoms with Crippen molar-refractivity contribution in [2.75, 3.05) is 5.32 Å². The van der Waals surface area contributed by atoms with E-state index in [4.69, 9.17) is 23.8 Å². The van der Waals surface area contributed by atoms with Crippen LogP contribution >= 0.6 is 23.8 Å². The van der Waals surface area contributed by atoms with E-state index in [2.05, 4.69) is 33.4 Å². The topological polar surface area (TPSA) is 41.4 Å². The summed E-state index contributed by atoms with van der Waals surface area (Å²) in [5.74, 6) is 0. The first-order chi connectivity index (χ1) is 13.2. The molecule has 2 N–H and O–H groups in total. The van der Waals surface area contributed by atoms with Gasteiger partial charge >= 0.3 is 0 Å². The van der Waals surface area contributed by atoms with Crippen LogP contribution in [-0.4, -0.2) is 15.9 Å². The van der Waals surface area contributed by atoms with Crippen LogP contribution in [0.3, 0.4) is 0 Å². The molecule has 1 heterocycles. The van der Waals surface area contributed by atoms with E-state index in [1.54, 1.807) is 6.21 Å². The molecular weight excluding hydrogens is 376 g/mol. The van der Waals surface area contributed by atoms with Crippen molar-refractivity contribution < 1.29 is 0 Å². The average Bonchev–Trinajstić information content (AvgIpc) is 3.11. The lowest BCUT2D eigenvalue weighted by Crippen LogP contribution is -2.24. The molecule has 0 aliphatic rings. The fourth-order valence-corrected chi connectivity index (χ4v) is 3.11. The molecule has 0 fully saturated rings. The van der Waals surface area contributed by atoms with E-state index in [1.807, 2.05) is 60.8 Å². The zero-order chi connectivity index (χ0) is 19.1. The summed E-state index contributed by atoms with van der Waals surface area (Å²) in [6.45, 7) is 2.79. The molecule has 0 amide bonds. The van der Waals surface area contributed by atoms with E-state index in [1.165, 1.54) is 5.56 Å². The molecule has 1 aromatic heterocycles. The van der Waals surface area contributed by atoms with Gasteiger partial charge in [-0.15, -0.1) is 0 Å². The van der Waals surface area contributed by atoms with Crippen LogP contribution < -0.4 is 10.7 Å². The number of halogens is 1. The maximum Gasteiger partial charge on any atom is 0.191 e. The fourth-order valence-electron chi connectivity index (χ4n) is 2.76. The van der Waals surface area contributed by atoms with Gasteiger partial charge in [-0.25, -0.2) is 0 Å². The number of hydrogen-bond acceptors (Lipinski definition) is 2. The van der Waals surface area contributed by atoms with Crippen LogP contribution in [0.2, 0.25) is 5.02 Å². The maximum atomic E-state index is 6.26. The molecule has 0 aliphatic carbocycles. The minimum Gasteiger partial charge on any atom is -0.342 e. The zero-order valence-electron chi connectivity index (χ0n) is 15.0. The van der Waals surface area contributed by atoms with Crippen molar-refractivity contribution in [3.05, 3.63) is 88.7 Å². The van der Waals surface area contributed by atoms with Gasteiger partial charge in [0.15, 0.2) is 5.11 Å². The molecule has 0 aliphatic heterocycles. The number of nitrogens with zero attached hydrogens (tertiary/aromatic N) is 2. The summed E-state index contributed by atoms with van der Waals surface area (Å²) >= 11 is 11.6. The summed E-state index contributed by atoms with van der Waals surface area (Å²) in [4.78, 5) is 0. The van der Waals surface area contributed by atoms with Crippen molar-refractivity contribution in [1.29, 1.82) is 0 Å². The van der Waals surface area contributed by atoms with Gasteiger partial charge < -0.3 is 9.88 Å². The highest BCUT2D eigenvalue weighted by Gasteiger charge is 2.04. The van der Waals surface area contributed by atoms with Crippen molar-refractivity contribution in [3.63, 3.8) is 0 Å². The third-order valence-corrected chi connectivity index (χ3v) is 4.73. The van der Waals surface area contributed by atoms with Gasteiger partial charge in [0.1, 0.15) is 0 Å². The molecule has 2 aromatic carbocycles. The smallest absolute Gasteiger partial charge is 0.191 e. The number of rotatable bonds is 6. The molecule has 0 spiro atoms. The van der Waals surface area contributed by atoms with Crippen LogP contribution in [-0.2, 0) is 13.0 Å². The van der Waals surface area contributed by atoms with E-state index in [0.717, 1.165) is 28.4 Å². The summed E-state index contributed by atoms with van der Waals surface area (Å²) < 4.78 is 2.08. The Morgan fingerprint density at radius 2 is 1.81 bits per heavy atom. The predicted octanol–water partition coefficient (Wildman–Crippen LogP) is 5.07. The molecular formula is C21H21ClN4S. The molecule has 3 aromatic rings. The number of hydrogen-bond donors (Lipinski definition) is 2. The van der Waals surface area contributed by atoms with Gasteiger partial charge in [0, 0.05) is 23.5 Å². The number of nitrogens with one attached hydrogen (secondary N) is 2. The molecule has 3 rings (SSSR count). The molecule has 6 heteroatoms. The van der Waals surface area contributed by atoms with E-state index in [-0.39, 0.29) is 0 Å². The van der Waals surface area contributed by atoms with Crippen LogP contribution in [0.25, 0.3) is 0 Å². The second-order valence-electron chi connectivity index (χ2n) is 5.99. The van der Waals surface area contributed by atoms with Crippen LogP contribution in [0.4, 0.5) is 5.69 Å². The number of aryl methyl sites for hydroxylation is 1.